The van der Waals surface area contributed by atoms with Crippen LogP contribution in [0.15, 0.2) is 30.5 Å². The monoisotopic (exact) mass is 546 g/mol. The highest BCUT2D eigenvalue weighted by Crippen LogP contribution is 2.45. The Morgan fingerprint density at radius 3 is 2.74 bits per heavy atom. The number of thiophene rings is 1. The van der Waals surface area contributed by atoms with Gasteiger partial charge < -0.3 is 25.8 Å². The maximum atomic E-state index is 16.4. The second-order valence-electron chi connectivity index (χ2n) is 8.78. The van der Waals surface area contributed by atoms with E-state index in [-0.39, 0.29) is 67.4 Å². The number of aromatic nitrogens is 4. The van der Waals surface area contributed by atoms with Gasteiger partial charge in [0, 0.05) is 22.7 Å². The number of benzene rings is 1. The highest BCUT2D eigenvalue weighted by atomic mass is 32.1. The number of hydrogen-bond donors (Lipinski definition) is 2. The van der Waals surface area contributed by atoms with Crippen molar-refractivity contribution < 1.29 is 18.3 Å². The van der Waals surface area contributed by atoms with Gasteiger partial charge in [-0.05, 0) is 25.1 Å². The Hall–Kier alpha value is -4.83. The maximum Gasteiger partial charge on any atom is 0.318 e. The van der Waals surface area contributed by atoms with Crippen molar-refractivity contribution in [3.05, 3.63) is 53.2 Å². The highest BCUT2D eigenvalue weighted by Gasteiger charge is 2.32. The number of rotatable bonds is 4. The predicted molar refractivity (Wildman–Crippen MR) is 144 cm³/mol. The van der Waals surface area contributed by atoms with E-state index < -0.39 is 11.6 Å². The van der Waals surface area contributed by atoms with Gasteiger partial charge in [0.1, 0.15) is 51.7 Å². The summed E-state index contributed by atoms with van der Waals surface area (Å²) in [6, 6.07) is 7.80. The molecule has 0 saturated heterocycles. The Bertz CT molecular complexity index is 1840. The molecule has 0 aliphatic carbocycles. The molecule has 0 amide bonds. The third-order valence-corrected chi connectivity index (χ3v) is 7.74. The number of fused-ring (bicyclic) bond motifs is 1. The van der Waals surface area contributed by atoms with Gasteiger partial charge in [0.15, 0.2) is 5.82 Å². The van der Waals surface area contributed by atoms with Crippen LogP contribution < -0.4 is 25.8 Å². The molecule has 0 bridgehead atoms. The van der Waals surface area contributed by atoms with Gasteiger partial charge in [0.25, 0.3) is 0 Å². The molecule has 1 atom stereocenters. The molecule has 4 N–H and O–H groups in total. The minimum Gasteiger partial charge on any atom is -0.475 e. The van der Waals surface area contributed by atoms with Gasteiger partial charge in [-0.1, -0.05) is 6.07 Å². The molecule has 5 heterocycles. The maximum absolute atomic E-state index is 16.4. The van der Waals surface area contributed by atoms with E-state index in [4.69, 9.17) is 20.9 Å². The number of nitrogens with two attached hydrogens (primary N) is 2. The molecule has 0 radical (unpaired) electrons. The number of ether oxygens (including phenoxy) is 2. The first-order valence-corrected chi connectivity index (χ1v) is 12.6. The molecule has 0 saturated carbocycles. The van der Waals surface area contributed by atoms with Crippen molar-refractivity contribution in [3.63, 3.8) is 0 Å². The van der Waals surface area contributed by atoms with Crippen molar-refractivity contribution in [1.29, 1.82) is 5.26 Å². The van der Waals surface area contributed by atoms with Crippen molar-refractivity contribution in [3.8, 4) is 29.2 Å². The van der Waals surface area contributed by atoms with E-state index >= 15 is 4.39 Å². The van der Waals surface area contributed by atoms with E-state index in [1.807, 2.05) is 24.0 Å². The molecule has 0 spiro atoms. The molecular formula is C26H20F2N8O2S. The summed E-state index contributed by atoms with van der Waals surface area (Å²) in [5.41, 5.74) is 12.9. The first kappa shape index (κ1) is 24.5. The van der Waals surface area contributed by atoms with Crippen molar-refractivity contribution in [2.75, 3.05) is 36.6 Å². The topological polar surface area (TPSA) is 149 Å². The lowest BCUT2D eigenvalue weighted by molar-refractivity contribution is 0.316. The minimum absolute atomic E-state index is 0.0487. The molecule has 1 aliphatic heterocycles. The first-order valence-electron chi connectivity index (χ1n) is 11.8. The second-order valence-corrected chi connectivity index (χ2v) is 9.84. The number of halogens is 2. The molecular weight excluding hydrogens is 526 g/mol. The van der Waals surface area contributed by atoms with E-state index in [2.05, 4.69) is 19.9 Å². The number of hydrogen-bond acceptors (Lipinski definition) is 11. The largest absolute Gasteiger partial charge is 0.475 e. The van der Waals surface area contributed by atoms with Gasteiger partial charge in [-0.3, -0.25) is 0 Å². The van der Waals surface area contributed by atoms with Gasteiger partial charge in [-0.25, -0.2) is 18.7 Å². The summed E-state index contributed by atoms with van der Waals surface area (Å²) >= 11 is 0.915. The molecule has 39 heavy (non-hydrogen) atoms. The van der Waals surface area contributed by atoms with Crippen LogP contribution in [-0.2, 0) is 0 Å². The van der Waals surface area contributed by atoms with Crippen LogP contribution in [0.25, 0.3) is 32.2 Å². The standard InChI is InChI=1S/C26H20F2N8O2S/c1-11(12-4-3-7-32-22(12)30)36-8-9-38-25-17-20(34-26(37-2)35-24(17)36)18(28)19(33-25)13-5-6-15(27)21-16(13)14(10-29)23(31)39-21/h3-7,11H,8-9,31H2,1-2H3,(H2,30,32). The van der Waals surface area contributed by atoms with Crippen molar-refractivity contribution >= 4 is 49.0 Å². The SMILES string of the molecule is COc1nc2c3c(nc(-c4ccc(F)c5sc(N)c(C#N)c45)c(F)c3n1)OCCN2C(C)c1cccnc1N. The summed E-state index contributed by atoms with van der Waals surface area (Å²) in [6.07, 6.45) is 1.60. The fourth-order valence-corrected chi connectivity index (χ4v) is 5.81. The third kappa shape index (κ3) is 3.71. The van der Waals surface area contributed by atoms with Crippen molar-refractivity contribution in [2.45, 2.75) is 13.0 Å². The zero-order chi connectivity index (χ0) is 27.4. The number of methoxy groups -OCH3 is 1. The zero-order valence-corrected chi connectivity index (χ0v) is 21.5. The Morgan fingerprint density at radius 1 is 1.18 bits per heavy atom. The Labute approximate surface area is 224 Å². The fraction of sp³-hybridized carbons (Fsp3) is 0.192. The summed E-state index contributed by atoms with van der Waals surface area (Å²) in [5.74, 6) is -0.591. The quantitative estimate of drug-likeness (QED) is 0.328. The summed E-state index contributed by atoms with van der Waals surface area (Å²) in [5, 5.41) is 10.3. The van der Waals surface area contributed by atoms with Crippen LogP contribution in [0.2, 0.25) is 0 Å². The van der Waals surface area contributed by atoms with Crippen molar-refractivity contribution in [2.24, 2.45) is 0 Å². The molecule has 1 aliphatic rings. The number of anilines is 3. The lowest BCUT2D eigenvalue weighted by Crippen LogP contribution is -2.31. The molecule has 10 nitrogen and oxygen atoms in total. The van der Waals surface area contributed by atoms with Crippen LogP contribution in [0.3, 0.4) is 0 Å². The molecule has 0 fully saturated rings. The third-order valence-electron chi connectivity index (χ3n) is 6.71. The number of nitrogens with zero attached hydrogens (tertiary/aromatic N) is 6. The highest BCUT2D eigenvalue weighted by molar-refractivity contribution is 7.23. The van der Waals surface area contributed by atoms with E-state index in [0.29, 0.717) is 18.2 Å². The van der Waals surface area contributed by atoms with E-state index in [9.17, 15) is 9.65 Å². The average Bonchev–Trinajstić information content (AvgIpc) is 3.17. The normalized spacial score (nSPS) is 13.7. The van der Waals surface area contributed by atoms with Crippen molar-refractivity contribution in [1.82, 2.24) is 19.9 Å². The lowest BCUT2D eigenvalue weighted by Gasteiger charge is -2.30. The van der Waals surface area contributed by atoms with E-state index in [1.165, 1.54) is 19.2 Å². The van der Waals surface area contributed by atoms with Crippen LogP contribution in [-0.4, -0.2) is 40.2 Å². The average molecular weight is 547 g/mol. The minimum atomic E-state index is -0.809. The molecule has 13 heteroatoms. The first-order chi connectivity index (χ1) is 18.8. The molecule has 1 unspecified atom stereocenters. The van der Waals surface area contributed by atoms with Crippen LogP contribution in [0, 0.1) is 23.0 Å². The number of pyridine rings is 2. The van der Waals surface area contributed by atoms with Gasteiger partial charge in [0.2, 0.25) is 5.88 Å². The summed E-state index contributed by atoms with van der Waals surface area (Å²) in [6.45, 7) is 2.47. The van der Waals surface area contributed by atoms with Crippen LogP contribution >= 0.6 is 11.3 Å². The fourth-order valence-electron chi connectivity index (χ4n) is 4.86. The summed E-state index contributed by atoms with van der Waals surface area (Å²) in [4.78, 5) is 19.4. The molecule has 4 aromatic heterocycles. The van der Waals surface area contributed by atoms with Crippen LogP contribution in [0.1, 0.15) is 24.1 Å². The summed E-state index contributed by atoms with van der Waals surface area (Å²) in [7, 11) is 1.38. The smallest absolute Gasteiger partial charge is 0.318 e. The summed E-state index contributed by atoms with van der Waals surface area (Å²) < 4.78 is 42.5. The molecule has 196 valence electrons. The van der Waals surface area contributed by atoms with Gasteiger partial charge in [0.05, 0.1) is 30.0 Å². The van der Waals surface area contributed by atoms with Crippen LogP contribution in [0.5, 0.6) is 11.9 Å². The zero-order valence-electron chi connectivity index (χ0n) is 20.7. The number of nitrogen functional groups attached to an aromatic ring is 2. The lowest BCUT2D eigenvalue weighted by atomic mass is 10.0. The number of nitriles is 1. The van der Waals surface area contributed by atoms with Gasteiger partial charge in [-0.2, -0.15) is 15.2 Å². The Morgan fingerprint density at radius 2 is 2.00 bits per heavy atom. The molecule has 6 rings (SSSR count). The predicted octanol–water partition coefficient (Wildman–Crippen LogP) is 4.58. The molecule has 1 aromatic carbocycles. The van der Waals surface area contributed by atoms with Gasteiger partial charge in [-0.15, -0.1) is 11.3 Å². The Kier molecular flexibility index (Phi) is 5.76. The second kappa shape index (κ2) is 9.17. The Balaban J connectivity index is 1.64. The van der Waals surface area contributed by atoms with Crippen LogP contribution in [0.4, 0.5) is 25.4 Å². The van der Waals surface area contributed by atoms with Gasteiger partial charge >= 0.3 is 6.01 Å². The van der Waals surface area contributed by atoms with E-state index in [1.54, 1.807) is 12.3 Å². The molecule has 5 aromatic rings. The van der Waals surface area contributed by atoms with E-state index in [0.717, 1.165) is 16.9 Å².